The molecule has 0 amide bonds. The van der Waals surface area contributed by atoms with Gasteiger partial charge in [-0.2, -0.15) is 0 Å². The molecule has 1 aliphatic rings. The standard InChI is InChI=1S/C7H13NO/c1-3-6-5-9-7(4-2)8-6/h6H,3-5H2,1-2H3. The van der Waals surface area contributed by atoms with Gasteiger partial charge in [-0.15, -0.1) is 0 Å². The quantitative estimate of drug-likeness (QED) is 0.552. The lowest BCUT2D eigenvalue weighted by atomic mass is 10.3. The molecule has 2 heteroatoms. The summed E-state index contributed by atoms with van der Waals surface area (Å²) in [6.07, 6.45) is 2.04. The van der Waals surface area contributed by atoms with Crippen LogP contribution in [0, 0.1) is 0 Å². The highest BCUT2D eigenvalue weighted by Gasteiger charge is 2.14. The van der Waals surface area contributed by atoms with E-state index >= 15 is 0 Å². The minimum Gasteiger partial charge on any atom is -0.479 e. The van der Waals surface area contributed by atoms with Crippen LogP contribution in [0.5, 0.6) is 0 Å². The fourth-order valence-electron chi connectivity index (χ4n) is 0.873. The maximum absolute atomic E-state index is 5.26. The maximum atomic E-state index is 5.26. The maximum Gasteiger partial charge on any atom is 0.183 e. The molecular weight excluding hydrogens is 114 g/mol. The average molecular weight is 127 g/mol. The molecule has 0 aromatic rings. The lowest BCUT2D eigenvalue weighted by Gasteiger charge is -1.96. The minimum atomic E-state index is 0.444. The Labute approximate surface area is 55.9 Å². The smallest absolute Gasteiger partial charge is 0.183 e. The van der Waals surface area contributed by atoms with E-state index in [9.17, 15) is 0 Å². The Morgan fingerprint density at radius 2 is 2.44 bits per heavy atom. The molecule has 52 valence electrons. The second-order valence-corrected chi connectivity index (χ2v) is 2.25. The van der Waals surface area contributed by atoms with E-state index in [1.54, 1.807) is 0 Å². The van der Waals surface area contributed by atoms with Gasteiger partial charge in [-0.1, -0.05) is 13.8 Å². The van der Waals surface area contributed by atoms with Crippen LogP contribution in [0.15, 0.2) is 4.99 Å². The third-order valence-corrected chi connectivity index (χ3v) is 1.54. The van der Waals surface area contributed by atoms with Crippen molar-refractivity contribution in [2.75, 3.05) is 6.61 Å². The molecule has 0 N–H and O–H groups in total. The summed E-state index contributed by atoms with van der Waals surface area (Å²) in [6.45, 7) is 5.01. The van der Waals surface area contributed by atoms with E-state index in [0.29, 0.717) is 6.04 Å². The second kappa shape index (κ2) is 2.85. The Hall–Kier alpha value is -0.530. The average Bonchev–Trinajstić information content (AvgIpc) is 2.34. The minimum absolute atomic E-state index is 0.444. The van der Waals surface area contributed by atoms with Crippen LogP contribution in [-0.2, 0) is 4.74 Å². The van der Waals surface area contributed by atoms with Gasteiger partial charge in [0.05, 0.1) is 6.04 Å². The summed E-state index contributed by atoms with van der Waals surface area (Å²) in [5.74, 6) is 0.932. The highest BCUT2D eigenvalue weighted by Crippen LogP contribution is 2.08. The van der Waals surface area contributed by atoms with Crippen LogP contribution in [0.2, 0.25) is 0 Å². The van der Waals surface area contributed by atoms with Crippen molar-refractivity contribution in [3.05, 3.63) is 0 Å². The number of nitrogens with zero attached hydrogens (tertiary/aromatic N) is 1. The predicted molar refractivity (Wildman–Crippen MR) is 37.8 cm³/mol. The van der Waals surface area contributed by atoms with E-state index in [1.807, 2.05) is 0 Å². The molecule has 1 aliphatic heterocycles. The number of aliphatic imine (C=N–C) groups is 1. The zero-order valence-corrected chi connectivity index (χ0v) is 6.05. The molecule has 2 nitrogen and oxygen atoms in total. The van der Waals surface area contributed by atoms with Crippen molar-refractivity contribution >= 4 is 5.90 Å². The van der Waals surface area contributed by atoms with Crippen LogP contribution in [0.4, 0.5) is 0 Å². The zero-order chi connectivity index (χ0) is 6.69. The van der Waals surface area contributed by atoms with Crippen molar-refractivity contribution in [2.45, 2.75) is 32.7 Å². The first-order valence-corrected chi connectivity index (χ1v) is 3.56. The van der Waals surface area contributed by atoms with Crippen molar-refractivity contribution < 1.29 is 4.74 Å². The third kappa shape index (κ3) is 1.44. The fourth-order valence-corrected chi connectivity index (χ4v) is 0.873. The molecule has 1 heterocycles. The largest absolute Gasteiger partial charge is 0.479 e. The van der Waals surface area contributed by atoms with Crippen molar-refractivity contribution in [2.24, 2.45) is 4.99 Å². The summed E-state index contributed by atoms with van der Waals surface area (Å²) in [5.41, 5.74) is 0. The summed E-state index contributed by atoms with van der Waals surface area (Å²) in [5, 5.41) is 0. The molecule has 0 saturated carbocycles. The molecule has 0 spiro atoms. The van der Waals surface area contributed by atoms with E-state index < -0.39 is 0 Å². The van der Waals surface area contributed by atoms with Crippen LogP contribution in [0.3, 0.4) is 0 Å². The van der Waals surface area contributed by atoms with Crippen LogP contribution in [-0.4, -0.2) is 18.5 Å². The van der Waals surface area contributed by atoms with Gasteiger partial charge in [0.2, 0.25) is 0 Å². The summed E-state index contributed by atoms with van der Waals surface area (Å²) in [7, 11) is 0. The zero-order valence-electron chi connectivity index (χ0n) is 6.05. The molecule has 0 bridgehead atoms. The number of rotatable bonds is 2. The molecule has 0 aromatic carbocycles. The van der Waals surface area contributed by atoms with E-state index in [2.05, 4.69) is 18.8 Å². The predicted octanol–water partition coefficient (Wildman–Crippen LogP) is 1.60. The van der Waals surface area contributed by atoms with Crippen LogP contribution < -0.4 is 0 Å². The van der Waals surface area contributed by atoms with E-state index in [1.165, 1.54) is 0 Å². The molecule has 0 saturated heterocycles. The van der Waals surface area contributed by atoms with Crippen molar-refractivity contribution in [1.29, 1.82) is 0 Å². The molecule has 0 radical (unpaired) electrons. The van der Waals surface area contributed by atoms with Gasteiger partial charge in [0, 0.05) is 6.42 Å². The Bertz CT molecular complexity index is 120. The fraction of sp³-hybridized carbons (Fsp3) is 0.857. The van der Waals surface area contributed by atoms with Gasteiger partial charge in [0.1, 0.15) is 6.61 Å². The highest BCUT2D eigenvalue weighted by atomic mass is 16.5. The van der Waals surface area contributed by atoms with Crippen LogP contribution in [0.1, 0.15) is 26.7 Å². The van der Waals surface area contributed by atoms with Crippen molar-refractivity contribution in [1.82, 2.24) is 0 Å². The topological polar surface area (TPSA) is 21.6 Å². The van der Waals surface area contributed by atoms with E-state index in [0.717, 1.165) is 25.3 Å². The first-order chi connectivity index (χ1) is 4.36. The Morgan fingerprint density at radius 1 is 1.67 bits per heavy atom. The van der Waals surface area contributed by atoms with Gasteiger partial charge < -0.3 is 4.74 Å². The molecule has 0 fully saturated rings. The monoisotopic (exact) mass is 127 g/mol. The molecule has 1 unspecified atom stereocenters. The summed E-state index contributed by atoms with van der Waals surface area (Å²) >= 11 is 0. The molecule has 9 heavy (non-hydrogen) atoms. The van der Waals surface area contributed by atoms with Gasteiger partial charge in [-0.3, -0.25) is 0 Å². The first-order valence-electron chi connectivity index (χ1n) is 3.56. The SMILES string of the molecule is CCC1=NC(CC)CO1. The van der Waals surface area contributed by atoms with Crippen LogP contribution in [0.25, 0.3) is 0 Å². The molecule has 0 aromatic heterocycles. The van der Waals surface area contributed by atoms with Crippen LogP contribution >= 0.6 is 0 Å². The number of hydrogen-bond acceptors (Lipinski definition) is 2. The lowest BCUT2D eigenvalue weighted by Crippen LogP contribution is -2.03. The Kier molecular flexibility index (Phi) is 2.09. The molecular formula is C7H13NO. The van der Waals surface area contributed by atoms with E-state index in [4.69, 9.17) is 4.74 Å². The Morgan fingerprint density at radius 3 is 2.78 bits per heavy atom. The summed E-state index contributed by atoms with van der Waals surface area (Å²) in [6, 6.07) is 0.444. The van der Waals surface area contributed by atoms with Gasteiger partial charge in [-0.05, 0) is 6.42 Å². The van der Waals surface area contributed by atoms with Crippen molar-refractivity contribution in [3.8, 4) is 0 Å². The Balaban J connectivity index is 2.40. The molecule has 0 aliphatic carbocycles. The van der Waals surface area contributed by atoms with Gasteiger partial charge in [0.25, 0.3) is 0 Å². The molecule has 1 rings (SSSR count). The van der Waals surface area contributed by atoms with Gasteiger partial charge in [-0.25, -0.2) is 4.99 Å². The number of ether oxygens (including phenoxy) is 1. The number of hydrogen-bond donors (Lipinski definition) is 0. The summed E-state index contributed by atoms with van der Waals surface area (Å²) < 4.78 is 5.26. The second-order valence-electron chi connectivity index (χ2n) is 2.25. The third-order valence-electron chi connectivity index (χ3n) is 1.54. The summed E-state index contributed by atoms with van der Waals surface area (Å²) in [4.78, 5) is 4.32. The highest BCUT2D eigenvalue weighted by molar-refractivity contribution is 5.77. The molecule has 1 atom stereocenters. The van der Waals surface area contributed by atoms with E-state index in [-0.39, 0.29) is 0 Å². The first kappa shape index (κ1) is 6.59. The van der Waals surface area contributed by atoms with Crippen molar-refractivity contribution in [3.63, 3.8) is 0 Å². The normalized spacial score (nSPS) is 25.6. The van der Waals surface area contributed by atoms with Gasteiger partial charge >= 0.3 is 0 Å². The lowest BCUT2D eigenvalue weighted by molar-refractivity contribution is 0.308. The van der Waals surface area contributed by atoms with Gasteiger partial charge in [0.15, 0.2) is 5.90 Å².